The van der Waals surface area contributed by atoms with Gasteiger partial charge in [0.05, 0.1) is 5.52 Å². The Morgan fingerprint density at radius 2 is 1.81 bits per heavy atom. The van der Waals surface area contributed by atoms with Crippen molar-refractivity contribution < 1.29 is 9.52 Å². The summed E-state index contributed by atoms with van der Waals surface area (Å²) >= 11 is 0. The number of fused-ring (bicyclic) bond motifs is 2. The van der Waals surface area contributed by atoms with Gasteiger partial charge >= 0.3 is 5.63 Å². The second-order valence-electron chi connectivity index (χ2n) is 6.56. The van der Waals surface area contributed by atoms with E-state index in [1.54, 1.807) is 28.8 Å². The smallest absolute Gasteiger partial charge is 0.348 e. The number of pyridine rings is 1. The molecule has 0 saturated carbocycles. The average Bonchev–Trinajstić information content (AvgIpc) is 2.66. The molecule has 0 unspecified atom stereocenters. The van der Waals surface area contributed by atoms with Crippen LogP contribution in [0.3, 0.4) is 0 Å². The number of hydrogen-bond acceptors (Lipinski definition) is 4. The number of aromatic hydroxyl groups is 1. The summed E-state index contributed by atoms with van der Waals surface area (Å²) in [5.74, 6) is -0.311. The molecule has 0 aliphatic carbocycles. The van der Waals surface area contributed by atoms with Crippen molar-refractivity contribution in [2.24, 2.45) is 0 Å². The molecule has 128 valence electrons. The Labute approximate surface area is 147 Å². The summed E-state index contributed by atoms with van der Waals surface area (Å²) in [5.41, 5.74) is 1.59. The highest BCUT2D eigenvalue weighted by Crippen LogP contribution is 2.35. The van der Waals surface area contributed by atoms with Gasteiger partial charge < -0.3 is 14.1 Å². The third-order valence-electron chi connectivity index (χ3n) is 5.08. The minimum absolute atomic E-state index is 0.0225. The summed E-state index contributed by atoms with van der Waals surface area (Å²) in [5, 5.41) is 11.6. The Bertz CT molecular complexity index is 1300. The van der Waals surface area contributed by atoms with Crippen molar-refractivity contribution in [3.8, 4) is 16.9 Å². The summed E-state index contributed by atoms with van der Waals surface area (Å²) in [6.07, 6.45) is 1.74. The van der Waals surface area contributed by atoms with E-state index in [0.717, 1.165) is 23.9 Å². The maximum Gasteiger partial charge on any atom is 0.348 e. The minimum atomic E-state index is -0.651. The molecule has 0 atom stereocenters. The van der Waals surface area contributed by atoms with E-state index in [2.05, 4.69) is 0 Å². The second kappa shape index (κ2) is 5.33. The maximum atomic E-state index is 13.1. The molecule has 0 amide bonds. The standard InChI is InChI=1S/C21H15NO4/c23-18-15(12-6-2-1-3-7-12)21(25)26-19-14-10-4-8-13-9-5-11-22(17(13)14)20(24)16(18)19/h1-4,6-8,10,23H,5,9,11H2. The maximum absolute atomic E-state index is 13.1. The molecular weight excluding hydrogens is 330 g/mol. The van der Waals surface area contributed by atoms with Crippen LogP contribution in [0.1, 0.15) is 12.0 Å². The lowest BCUT2D eigenvalue weighted by atomic mass is 9.98. The van der Waals surface area contributed by atoms with E-state index in [9.17, 15) is 14.7 Å². The third-order valence-corrected chi connectivity index (χ3v) is 5.08. The zero-order valence-corrected chi connectivity index (χ0v) is 13.9. The van der Waals surface area contributed by atoms with E-state index in [1.165, 1.54) is 0 Å². The Hall–Kier alpha value is -3.34. The van der Waals surface area contributed by atoms with Crippen LogP contribution in [0.15, 0.2) is 62.5 Å². The van der Waals surface area contributed by atoms with Crippen molar-refractivity contribution in [2.45, 2.75) is 19.4 Å². The Morgan fingerprint density at radius 3 is 2.62 bits per heavy atom. The molecule has 5 nitrogen and oxygen atoms in total. The molecule has 0 radical (unpaired) electrons. The van der Waals surface area contributed by atoms with Crippen molar-refractivity contribution in [3.05, 3.63) is 74.9 Å². The normalized spacial score (nSPS) is 13.4. The summed E-state index contributed by atoms with van der Waals surface area (Å²) < 4.78 is 7.26. The van der Waals surface area contributed by atoms with Gasteiger partial charge in [0.15, 0.2) is 5.58 Å². The number of aromatic nitrogens is 1. The monoisotopic (exact) mass is 345 g/mol. The number of benzene rings is 2. The van der Waals surface area contributed by atoms with Crippen LogP contribution < -0.4 is 11.2 Å². The van der Waals surface area contributed by atoms with Gasteiger partial charge in [-0.2, -0.15) is 0 Å². The third kappa shape index (κ3) is 1.91. The van der Waals surface area contributed by atoms with Gasteiger partial charge in [0, 0.05) is 11.9 Å². The number of rotatable bonds is 1. The van der Waals surface area contributed by atoms with Crippen LogP contribution in [0.2, 0.25) is 0 Å². The first-order valence-electron chi connectivity index (χ1n) is 8.56. The van der Waals surface area contributed by atoms with Crippen LogP contribution in [0.25, 0.3) is 33.0 Å². The molecule has 0 saturated heterocycles. The highest BCUT2D eigenvalue weighted by molar-refractivity contribution is 6.06. The molecule has 3 heterocycles. The van der Waals surface area contributed by atoms with Gasteiger partial charge in [-0.1, -0.05) is 42.5 Å². The number of para-hydroxylation sites is 1. The van der Waals surface area contributed by atoms with Gasteiger partial charge in [-0.05, 0) is 30.0 Å². The van der Waals surface area contributed by atoms with E-state index < -0.39 is 5.63 Å². The van der Waals surface area contributed by atoms with Crippen LogP contribution in [-0.4, -0.2) is 9.67 Å². The Kier molecular flexibility index (Phi) is 3.06. The van der Waals surface area contributed by atoms with Crippen LogP contribution >= 0.6 is 0 Å². The largest absolute Gasteiger partial charge is 0.506 e. The van der Waals surface area contributed by atoms with Crippen LogP contribution in [0.5, 0.6) is 5.75 Å². The number of hydrogen-bond donors (Lipinski definition) is 1. The van der Waals surface area contributed by atoms with Crippen LogP contribution in [0.4, 0.5) is 0 Å². The molecule has 1 N–H and O–H groups in total. The number of aryl methyl sites for hydroxylation is 2. The van der Waals surface area contributed by atoms with Gasteiger partial charge in [0.1, 0.15) is 16.7 Å². The highest BCUT2D eigenvalue weighted by Gasteiger charge is 2.24. The van der Waals surface area contributed by atoms with Gasteiger partial charge in [0.25, 0.3) is 5.56 Å². The van der Waals surface area contributed by atoms with E-state index >= 15 is 0 Å². The lowest BCUT2D eigenvalue weighted by molar-refractivity contribution is 0.470. The molecular formula is C21H15NO4. The van der Waals surface area contributed by atoms with Gasteiger partial charge in [-0.25, -0.2) is 4.79 Å². The van der Waals surface area contributed by atoms with E-state index in [4.69, 9.17) is 4.42 Å². The molecule has 1 aliphatic heterocycles. The second-order valence-corrected chi connectivity index (χ2v) is 6.56. The molecule has 0 spiro atoms. The first kappa shape index (κ1) is 15.0. The van der Waals surface area contributed by atoms with Crippen molar-refractivity contribution in [2.75, 3.05) is 0 Å². The quantitative estimate of drug-likeness (QED) is 0.537. The number of nitrogens with zero attached hydrogens (tertiary/aromatic N) is 1. The highest BCUT2D eigenvalue weighted by atomic mass is 16.4. The molecule has 5 rings (SSSR count). The predicted molar refractivity (Wildman–Crippen MR) is 99.7 cm³/mol. The zero-order valence-electron chi connectivity index (χ0n) is 13.9. The molecule has 0 bridgehead atoms. The van der Waals surface area contributed by atoms with Crippen molar-refractivity contribution in [1.29, 1.82) is 0 Å². The lowest BCUT2D eigenvalue weighted by Gasteiger charge is -2.20. The molecule has 2 aromatic carbocycles. The lowest BCUT2D eigenvalue weighted by Crippen LogP contribution is -2.25. The van der Waals surface area contributed by atoms with Crippen molar-refractivity contribution in [3.63, 3.8) is 0 Å². The van der Waals surface area contributed by atoms with Crippen molar-refractivity contribution in [1.82, 2.24) is 4.57 Å². The molecule has 2 aromatic heterocycles. The first-order valence-corrected chi connectivity index (χ1v) is 8.56. The fourth-order valence-electron chi connectivity index (χ4n) is 3.94. The van der Waals surface area contributed by atoms with Gasteiger partial charge in [0.2, 0.25) is 0 Å². The van der Waals surface area contributed by atoms with Gasteiger partial charge in [-0.3, -0.25) is 4.79 Å². The first-order chi connectivity index (χ1) is 12.7. The molecule has 5 heteroatoms. The van der Waals surface area contributed by atoms with Crippen molar-refractivity contribution >= 4 is 21.9 Å². The Balaban J connectivity index is 2.02. The topological polar surface area (TPSA) is 72.4 Å². The summed E-state index contributed by atoms with van der Waals surface area (Å²) in [6.45, 7) is 0.585. The molecule has 4 aromatic rings. The molecule has 1 aliphatic rings. The predicted octanol–water partition coefficient (Wildman–Crippen LogP) is 3.43. The van der Waals surface area contributed by atoms with Crippen LogP contribution in [0, 0.1) is 0 Å². The van der Waals surface area contributed by atoms with E-state index in [0.29, 0.717) is 17.5 Å². The SMILES string of the molecule is O=c1oc2c(c(O)c1-c1ccccc1)c(=O)n1c3c(cccc23)CCC1. The molecule has 0 fully saturated rings. The summed E-state index contributed by atoms with van der Waals surface area (Å²) in [6, 6.07) is 14.5. The average molecular weight is 345 g/mol. The fourth-order valence-corrected chi connectivity index (χ4v) is 3.94. The zero-order chi connectivity index (χ0) is 17.8. The summed E-state index contributed by atoms with van der Waals surface area (Å²) in [7, 11) is 0. The van der Waals surface area contributed by atoms with Gasteiger partial charge in [-0.15, -0.1) is 0 Å². The fraction of sp³-hybridized carbons (Fsp3) is 0.143. The summed E-state index contributed by atoms with van der Waals surface area (Å²) in [4.78, 5) is 25.7. The molecule has 26 heavy (non-hydrogen) atoms. The minimum Gasteiger partial charge on any atom is -0.506 e. The Morgan fingerprint density at radius 1 is 1.00 bits per heavy atom. The van der Waals surface area contributed by atoms with E-state index in [1.807, 2.05) is 24.3 Å². The van der Waals surface area contributed by atoms with Crippen LogP contribution in [-0.2, 0) is 13.0 Å². The van der Waals surface area contributed by atoms with E-state index in [-0.39, 0.29) is 27.8 Å².